The Morgan fingerprint density at radius 1 is 1.24 bits per heavy atom. The second-order valence-electron chi connectivity index (χ2n) is 5.85. The fourth-order valence-electron chi connectivity index (χ4n) is 3.77. The molecule has 3 rings (SSSR count). The van der Waals surface area contributed by atoms with Gasteiger partial charge in [0.25, 0.3) is 0 Å². The highest BCUT2D eigenvalue weighted by molar-refractivity contribution is 5.84. The lowest BCUT2D eigenvalue weighted by Crippen LogP contribution is -2.22. The van der Waals surface area contributed by atoms with Crippen LogP contribution >= 0.6 is 0 Å². The highest BCUT2D eigenvalue weighted by atomic mass is 16.1. The Balaban J connectivity index is 1.70. The van der Waals surface area contributed by atoms with E-state index >= 15 is 0 Å². The van der Waals surface area contributed by atoms with Gasteiger partial charge >= 0.3 is 0 Å². The molecule has 3 atom stereocenters. The highest BCUT2D eigenvalue weighted by Crippen LogP contribution is 2.48. The molecule has 0 aromatic heterocycles. The molecule has 1 nitrogen and oxygen atoms in total. The smallest absolute Gasteiger partial charge is 0.140 e. The van der Waals surface area contributed by atoms with Crippen LogP contribution in [0.15, 0.2) is 24.3 Å². The lowest BCUT2D eigenvalue weighted by Gasteiger charge is -2.20. The molecular formula is C16H20O. The summed E-state index contributed by atoms with van der Waals surface area (Å²) in [4.78, 5) is 12.4. The molecule has 3 unspecified atom stereocenters. The zero-order valence-corrected chi connectivity index (χ0v) is 10.5. The first-order valence-corrected chi connectivity index (χ1v) is 6.81. The molecule has 0 heterocycles. The second-order valence-corrected chi connectivity index (χ2v) is 5.85. The van der Waals surface area contributed by atoms with Crippen molar-refractivity contribution in [2.45, 2.75) is 39.0 Å². The Hall–Kier alpha value is -1.11. The summed E-state index contributed by atoms with van der Waals surface area (Å²) in [5, 5.41) is 0. The summed E-state index contributed by atoms with van der Waals surface area (Å²) in [6.07, 6.45) is 5.83. The molecule has 17 heavy (non-hydrogen) atoms. The molecule has 0 aliphatic heterocycles. The van der Waals surface area contributed by atoms with Crippen molar-refractivity contribution in [3.63, 3.8) is 0 Å². The molecule has 2 saturated carbocycles. The van der Waals surface area contributed by atoms with Gasteiger partial charge in [-0.2, -0.15) is 0 Å². The van der Waals surface area contributed by atoms with Crippen LogP contribution in [0.3, 0.4) is 0 Å². The Labute approximate surface area is 103 Å². The molecule has 1 aromatic carbocycles. The Morgan fingerprint density at radius 3 is 2.71 bits per heavy atom. The summed E-state index contributed by atoms with van der Waals surface area (Å²) in [6, 6.07) is 8.28. The molecular weight excluding hydrogens is 208 g/mol. The average molecular weight is 228 g/mol. The van der Waals surface area contributed by atoms with E-state index in [0.29, 0.717) is 18.1 Å². The predicted molar refractivity (Wildman–Crippen MR) is 68.8 cm³/mol. The van der Waals surface area contributed by atoms with Gasteiger partial charge in [0, 0.05) is 12.3 Å². The summed E-state index contributed by atoms with van der Waals surface area (Å²) in [5.74, 6) is 2.46. The quantitative estimate of drug-likeness (QED) is 0.773. The minimum atomic E-state index is 0.383. The normalized spacial score (nSPS) is 30.8. The van der Waals surface area contributed by atoms with Crippen molar-refractivity contribution in [2.24, 2.45) is 17.8 Å². The van der Waals surface area contributed by atoms with E-state index < -0.39 is 0 Å². The first-order valence-electron chi connectivity index (χ1n) is 6.81. The molecule has 2 aliphatic carbocycles. The van der Waals surface area contributed by atoms with Gasteiger partial charge in [0.1, 0.15) is 5.78 Å². The maximum atomic E-state index is 12.4. The van der Waals surface area contributed by atoms with Crippen LogP contribution in [-0.2, 0) is 11.2 Å². The molecule has 1 heteroatoms. The summed E-state index contributed by atoms with van der Waals surface area (Å²) in [5.41, 5.74) is 2.48. The molecule has 0 N–H and O–H groups in total. The van der Waals surface area contributed by atoms with Gasteiger partial charge in [-0.05, 0) is 49.1 Å². The van der Waals surface area contributed by atoms with Gasteiger partial charge in [-0.3, -0.25) is 4.79 Å². The zero-order chi connectivity index (χ0) is 11.8. The standard InChI is InChI=1S/C16H20O/c1-11-4-2-3-5-13(11)10-16(17)15-9-12-6-7-14(15)8-12/h2-5,12,14-15H,6-10H2,1H3. The maximum Gasteiger partial charge on any atom is 0.140 e. The Morgan fingerprint density at radius 2 is 2.06 bits per heavy atom. The van der Waals surface area contributed by atoms with E-state index in [0.717, 1.165) is 11.8 Å². The number of rotatable bonds is 3. The van der Waals surface area contributed by atoms with E-state index in [-0.39, 0.29) is 0 Å². The molecule has 0 saturated heterocycles. The summed E-state index contributed by atoms with van der Waals surface area (Å²) in [7, 11) is 0. The van der Waals surface area contributed by atoms with E-state index in [1.54, 1.807) is 0 Å². The predicted octanol–water partition coefficient (Wildman–Crippen LogP) is 3.54. The van der Waals surface area contributed by atoms with E-state index in [2.05, 4.69) is 19.1 Å². The molecule has 90 valence electrons. The van der Waals surface area contributed by atoms with E-state index in [9.17, 15) is 4.79 Å². The van der Waals surface area contributed by atoms with Gasteiger partial charge in [-0.25, -0.2) is 0 Å². The minimum absolute atomic E-state index is 0.383. The number of benzene rings is 1. The fourth-order valence-corrected chi connectivity index (χ4v) is 3.77. The van der Waals surface area contributed by atoms with Crippen LogP contribution in [0.5, 0.6) is 0 Å². The SMILES string of the molecule is Cc1ccccc1CC(=O)C1CC2CCC1C2. The van der Waals surface area contributed by atoms with Gasteiger partial charge in [0.15, 0.2) is 0 Å². The van der Waals surface area contributed by atoms with Gasteiger partial charge in [-0.15, -0.1) is 0 Å². The first-order chi connectivity index (χ1) is 8.24. The van der Waals surface area contributed by atoms with Crippen molar-refractivity contribution in [3.05, 3.63) is 35.4 Å². The highest BCUT2D eigenvalue weighted by Gasteiger charge is 2.42. The number of hydrogen-bond donors (Lipinski definition) is 0. The lowest BCUT2D eigenvalue weighted by molar-refractivity contribution is -0.123. The summed E-state index contributed by atoms with van der Waals surface area (Å²) < 4.78 is 0. The topological polar surface area (TPSA) is 17.1 Å². The fraction of sp³-hybridized carbons (Fsp3) is 0.562. The second kappa shape index (κ2) is 4.29. The molecule has 0 radical (unpaired) electrons. The summed E-state index contributed by atoms with van der Waals surface area (Å²) in [6.45, 7) is 2.10. The van der Waals surface area contributed by atoms with Gasteiger partial charge in [-0.1, -0.05) is 30.7 Å². The van der Waals surface area contributed by atoms with Crippen LogP contribution < -0.4 is 0 Å². The van der Waals surface area contributed by atoms with Crippen molar-refractivity contribution in [3.8, 4) is 0 Å². The lowest BCUT2D eigenvalue weighted by atomic mass is 9.83. The molecule has 2 bridgehead atoms. The third kappa shape index (κ3) is 2.03. The minimum Gasteiger partial charge on any atom is -0.299 e. The maximum absolute atomic E-state index is 12.4. The van der Waals surface area contributed by atoms with Crippen molar-refractivity contribution >= 4 is 5.78 Å². The first kappa shape index (κ1) is 11.0. The van der Waals surface area contributed by atoms with Crippen LogP contribution in [0.4, 0.5) is 0 Å². The molecule has 2 fully saturated rings. The Kier molecular flexibility index (Phi) is 2.78. The summed E-state index contributed by atoms with van der Waals surface area (Å²) >= 11 is 0. The van der Waals surface area contributed by atoms with Gasteiger partial charge < -0.3 is 0 Å². The number of Topliss-reactive ketones (excluding diaryl/α,β-unsaturated/α-hetero) is 1. The van der Waals surface area contributed by atoms with Crippen molar-refractivity contribution in [2.75, 3.05) is 0 Å². The molecule has 0 spiro atoms. The van der Waals surface area contributed by atoms with Crippen molar-refractivity contribution < 1.29 is 4.79 Å². The van der Waals surface area contributed by atoms with Crippen LogP contribution in [0.25, 0.3) is 0 Å². The number of aryl methyl sites for hydroxylation is 1. The van der Waals surface area contributed by atoms with Crippen molar-refractivity contribution in [1.82, 2.24) is 0 Å². The van der Waals surface area contributed by atoms with Crippen molar-refractivity contribution in [1.29, 1.82) is 0 Å². The number of carbonyl (C=O) groups excluding carboxylic acids is 1. The number of carbonyl (C=O) groups is 1. The van der Waals surface area contributed by atoms with Crippen LogP contribution in [-0.4, -0.2) is 5.78 Å². The van der Waals surface area contributed by atoms with Crippen LogP contribution in [0.1, 0.15) is 36.8 Å². The monoisotopic (exact) mass is 228 g/mol. The molecule has 1 aromatic rings. The van der Waals surface area contributed by atoms with Crippen LogP contribution in [0.2, 0.25) is 0 Å². The third-order valence-electron chi connectivity index (χ3n) is 4.78. The molecule has 0 amide bonds. The largest absolute Gasteiger partial charge is 0.299 e. The average Bonchev–Trinajstić information content (AvgIpc) is 2.94. The van der Waals surface area contributed by atoms with E-state index in [4.69, 9.17) is 0 Å². The number of hydrogen-bond acceptors (Lipinski definition) is 1. The van der Waals surface area contributed by atoms with Crippen LogP contribution in [0, 0.1) is 24.7 Å². The van der Waals surface area contributed by atoms with Gasteiger partial charge in [0.05, 0.1) is 0 Å². The number of fused-ring (bicyclic) bond motifs is 2. The van der Waals surface area contributed by atoms with Gasteiger partial charge in [0.2, 0.25) is 0 Å². The zero-order valence-electron chi connectivity index (χ0n) is 10.5. The third-order valence-corrected chi connectivity index (χ3v) is 4.78. The number of ketones is 1. The molecule has 2 aliphatic rings. The van der Waals surface area contributed by atoms with E-state index in [1.165, 1.54) is 36.8 Å². The van der Waals surface area contributed by atoms with E-state index in [1.807, 2.05) is 12.1 Å². The Bertz CT molecular complexity index is 435.